The zero-order valence-electron chi connectivity index (χ0n) is 13.4. The number of piperidine rings is 1. The van der Waals surface area contributed by atoms with E-state index in [1.807, 2.05) is 6.07 Å². The van der Waals surface area contributed by atoms with E-state index in [0.717, 1.165) is 5.03 Å². The molecule has 1 aromatic heterocycles. The summed E-state index contributed by atoms with van der Waals surface area (Å²) in [6.07, 6.45) is 5.99. The van der Waals surface area contributed by atoms with Crippen molar-refractivity contribution in [2.24, 2.45) is 0 Å². The number of hydrogen-bond donors (Lipinski definition) is 0. The summed E-state index contributed by atoms with van der Waals surface area (Å²) in [5.74, 6) is 0. The fourth-order valence-electron chi connectivity index (χ4n) is 3.19. The third-order valence-electron chi connectivity index (χ3n) is 4.32. The van der Waals surface area contributed by atoms with Crippen LogP contribution in [0.3, 0.4) is 0 Å². The summed E-state index contributed by atoms with van der Waals surface area (Å²) >= 11 is 1.73. The molecule has 2 heterocycles. The van der Waals surface area contributed by atoms with Crippen molar-refractivity contribution < 1.29 is 0 Å². The zero-order chi connectivity index (χ0) is 15.4. The lowest BCUT2D eigenvalue weighted by molar-refractivity contribution is 0.112. The van der Waals surface area contributed by atoms with Crippen LogP contribution in [0.2, 0.25) is 0 Å². The van der Waals surface area contributed by atoms with Crippen LogP contribution in [-0.4, -0.2) is 22.5 Å². The maximum Gasteiger partial charge on any atom is 0.101 e. The lowest BCUT2D eigenvalue weighted by Crippen LogP contribution is -2.38. The van der Waals surface area contributed by atoms with E-state index in [2.05, 4.69) is 66.3 Å². The van der Waals surface area contributed by atoms with Crippen molar-refractivity contribution in [3.8, 4) is 0 Å². The first-order valence-corrected chi connectivity index (χ1v) is 9.00. The molecular weight excluding hydrogens is 288 g/mol. The Morgan fingerprint density at radius 2 is 1.91 bits per heavy atom. The van der Waals surface area contributed by atoms with Crippen molar-refractivity contribution in [1.29, 1.82) is 0 Å². The third kappa shape index (κ3) is 3.71. The summed E-state index contributed by atoms with van der Waals surface area (Å²) < 4.78 is 0. The average molecular weight is 312 g/mol. The van der Waals surface area contributed by atoms with Gasteiger partial charge in [0.05, 0.1) is 0 Å². The van der Waals surface area contributed by atoms with Crippen LogP contribution in [0.1, 0.15) is 44.7 Å². The minimum absolute atomic E-state index is 0.539. The van der Waals surface area contributed by atoms with Gasteiger partial charge in [-0.3, -0.25) is 4.90 Å². The Balaban J connectivity index is 1.73. The highest BCUT2D eigenvalue weighted by molar-refractivity contribution is 7.99. The van der Waals surface area contributed by atoms with Gasteiger partial charge < -0.3 is 0 Å². The molecule has 1 fully saturated rings. The first-order valence-electron chi connectivity index (χ1n) is 8.18. The topological polar surface area (TPSA) is 16.1 Å². The number of pyridine rings is 1. The summed E-state index contributed by atoms with van der Waals surface area (Å²) in [6.45, 7) is 5.81. The van der Waals surface area contributed by atoms with Crippen LogP contribution < -0.4 is 0 Å². The summed E-state index contributed by atoms with van der Waals surface area (Å²) in [7, 11) is 0. The number of benzene rings is 1. The third-order valence-corrected chi connectivity index (χ3v) is 5.28. The van der Waals surface area contributed by atoms with Crippen molar-refractivity contribution in [2.45, 2.75) is 55.1 Å². The van der Waals surface area contributed by atoms with Gasteiger partial charge in [0.25, 0.3) is 0 Å². The van der Waals surface area contributed by atoms with Crippen LogP contribution >= 0.6 is 11.8 Å². The average Bonchev–Trinajstić information content (AvgIpc) is 2.56. The minimum Gasteiger partial charge on any atom is -0.294 e. The largest absolute Gasteiger partial charge is 0.294 e. The van der Waals surface area contributed by atoms with Crippen molar-refractivity contribution in [3.63, 3.8) is 0 Å². The molecule has 22 heavy (non-hydrogen) atoms. The van der Waals surface area contributed by atoms with Crippen LogP contribution in [-0.2, 0) is 0 Å². The second-order valence-corrected chi connectivity index (χ2v) is 7.28. The molecule has 0 radical (unpaired) electrons. The molecular formula is C19H24N2S. The highest BCUT2D eigenvalue weighted by Crippen LogP contribution is 2.33. The first-order chi connectivity index (χ1) is 10.7. The van der Waals surface area contributed by atoms with Gasteiger partial charge in [0.2, 0.25) is 0 Å². The smallest absolute Gasteiger partial charge is 0.101 e. The molecule has 1 atom stereocenters. The van der Waals surface area contributed by atoms with E-state index in [1.165, 1.54) is 36.3 Å². The molecule has 116 valence electrons. The van der Waals surface area contributed by atoms with Crippen LogP contribution in [0.4, 0.5) is 0 Å². The van der Waals surface area contributed by atoms with Gasteiger partial charge in [-0.2, -0.15) is 0 Å². The summed E-state index contributed by atoms with van der Waals surface area (Å²) in [6, 6.07) is 16.0. The second kappa shape index (κ2) is 7.30. The molecule has 3 heteroatoms. The van der Waals surface area contributed by atoms with Crippen molar-refractivity contribution in [2.75, 3.05) is 6.54 Å². The lowest BCUT2D eigenvalue weighted by Gasteiger charge is -2.38. The number of likely N-dealkylation sites (tertiary alicyclic amines) is 1. The molecule has 0 bridgehead atoms. The molecule has 1 aliphatic rings. The Morgan fingerprint density at radius 1 is 1.09 bits per heavy atom. The molecule has 0 saturated carbocycles. The molecule has 3 rings (SSSR count). The van der Waals surface area contributed by atoms with E-state index in [9.17, 15) is 0 Å². The van der Waals surface area contributed by atoms with Gasteiger partial charge in [-0.25, -0.2) is 4.98 Å². The van der Waals surface area contributed by atoms with E-state index in [1.54, 1.807) is 11.8 Å². The van der Waals surface area contributed by atoms with Gasteiger partial charge >= 0.3 is 0 Å². The molecule has 1 saturated heterocycles. The van der Waals surface area contributed by atoms with E-state index in [4.69, 9.17) is 0 Å². The minimum atomic E-state index is 0.539. The van der Waals surface area contributed by atoms with Gasteiger partial charge in [-0.05, 0) is 57.0 Å². The van der Waals surface area contributed by atoms with E-state index >= 15 is 0 Å². The fraction of sp³-hybridized carbons (Fsp3) is 0.421. The summed E-state index contributed by atoms with van der Waals surface area (Å²) in [5.41, 5.74) is 1.37. The first kappa shape index (κ1) is 15.6. The Morgan fingerprint density at radius 3 is 2.59 bits per heavy atom. The second-order valence-electron chi connectivity index (χ2n) is 6.19. The maximum atomic E-state index is 4.68. The number of nitrogens with zero attached hydrogens (tertiary/aromatic N) is 2. The Bertz CT molecular complexity index is 580. The molecule has 1 aromatic carbocycles. The maximum absolute atomic E-state index is 4.68. The predicted molar refractivity (Wildman–Crippen MR) is 93.2 cm³/mol. The summed E-state index contributed by atoms with van der Waals surface area (Å²) in [4.78, 5) is 8.53. The van der Waals surface area contributed by atoms with Gasteiger partial charge in [0.15, 0.2) is 0 Å². The molecule has 2 nitrogen and oxygen atoms in total. The van der Waals surface area contributed by atoms with Crippen LogP contribution in [0, 0.1) is 0 Å². The van der Waals surface area contributed by atoms with Gasteiger partial charge in [0, 0.05) is 23.2 Å². The normalized spacial score (nSPS) is 19.5. The van der Waals surface area contributed by atoms with E-state index in [0.29, 0.717) is 12.1 Å². The quantitative estimate of drug-likeness (QED) is 0.775. The Kier molecular flexibility index (Phi) is 5.16. The molecule has 0 aliphatic carbocycles. The molecule has 0 amide bonds. The zero-order valence-corrected chi connectivity index (χ0v) is 14.2. The van der Waals surface area contributed by atoms with Crippen LogP contribution in [0.5, 0.6) is 0 Å². The molecule has 0 spiro atoms. The van der Waals surface area contributed by atoms with E-state index < -0.39 is 0 Å². The highest BCUT2D eigenvalue weighted by Gasteiger charge is 2.25. The predicted octanol–water partition coefficient (Wildman–Crippen LogP) is 5.17. The molecule has 1 aliphatic heterocycles. The SMILES string of the molecule is CC(C)N1CCCC[C@@H]1c1ccc(Sc2ccccc2)nc1. The van der Waals surface area contributed by atoms with Crippen molar-refractivity contribution in [1.82, 2.24) is 9.88 Å². The van der Waals surface area contributed by atoms with Gasteiger partial charge in [-0.15, -0.1) is 0 Å². The van der Waals surface area contributed by atoms with Crippen LogP contribution in [0.15, 0.2) is 58.6 Å². The number of hydrogen-bond acceptors (Lipinski definition) is 3. The van der Waals surface area contributed by atoms with Crippen molar-refractivity contribution >= 4 is 11.8 Å². The number of rotatable bonds is 4. The Labute approximate surface area is 138 Å². The van der Waals surface area contributed by atoms with Crippen LogP contribution in [0.25, 0.3) is 0 Å². The van der Waals surface area contributed by atoms with E-state index in [-0.39, 0.29) is 0 Å². The highest BCUT2D eigenvalue weighted by atomic mass is 32.2. The molecule has 0 unspecified atom stereocenters. The number of aromatic nitrogens is 1. The molecule has 2 aromatic rings. The fourth-order valence-corrected chi connectivity index (χ4v) is 3.96. The van der Waals surface area contributed by atoms with Crippen molar-refractivity contribution in [3.05, 3.63) is 54.2 Å². The van der Waals surface area contributed by atoms with Gasteiger partial charge in [0.1, 0.15) is 5.03 Å². The summed E-state index contributed by atoms with van der Waals surface area (Å²) in [5, 5.41) is 1.07. The monoisotopic (exact) mass is 312 g/mol. The van der Waals surface area contributed by atoms with Gasteiger partial charge in [-0.1, -0.05) is 42.4 Å². The Hall–Kier alpha value is -1.32. The molecule has 0 N–H and O–H groups in total. The standard InChI is InChI=1S/C19H24N2S/c1-15(2)21-13-7-6-10-18(21)16-11-12-19(20-14-16)22-17-8-4-3-5-9-17/h3-5,8-9,11-12,14-15,18H,6-7,10,13H2,1-2H3/t18-/m1/s1. The lowest BCUT2D eigenvalue weighted by atomic mass is 9.95.